The van der Waals surface area contributed by atoms with Crippen molar-refractivity contribution < 1.29 is 9.90 Å². The summed E-state index contributed by atoms with van der Waals surface area (Å²) in [7, 11) is 0. The standard InChI is InChI=1S/C11H18N4O2/c1-8(2)3-4-15-7-10(12-13-15)11(17)14-5-9(16)6-14/h7-9,16H,3-6H2,1-2H3. The zero-order chi connectivity index (χ0) is 12.4. The maximum atomic E-state index is 11.8. The normalized spacial score (nSPS) is 16.4. The molecule has 94 valence electrons. The van der Waals surface area contributed by atoms with Crippen molar-refractivity contribution in [3.63, 3.8) is 0 Å². The van der Waals surface area contributed by atoms with Gasteiger partial charge >= 0.3 is 0 Å². The summed E-state index contributed by atoms with van der Waals surface area (Å²) in [4.78, 5) is 13.4. The van der Waals surface area contributed by atoms with Crippen LogP contribution in [0.2, 0.25) is 0 Å². The Morgan fingerprint density at radius 3 is 2.88 bits per heavy atom. The molecule has 1 fully saturated rings. The molecule has 0 atom stereocenters. The lowest BCUT2D eigenvalue weighted by atomic mass is 10.1. The Bertz CT molecular complexity index is 396. The number of likely N-dealkylation sites (tertiary alicyclic amines) is 1. The predicted octanol–water partition coefficient (Wildman–Crippen LogP) is 0.141. The third-order valence-electron chi connectivity index (χ3n) is 2.84. The molecule has 0 aliphatic carbocycles. The molecule has 0 aromatic carbocycles. The average Bonchev–Trinajstić information content (AvgIpc) is 2.69. The molecule has 0 bridgehead atoms. The molecule has 1 aromatic heterocycles. The van der Waals surface area contributed by atoms with Gasteiger partial charge in [0.1, 0.15) is 0 Å². The van der Waals surface area contributed by atoms with Crippen LogP contribution < -0.4 is 0 Å². The number of rotatable bonds is 4. The van der Waals surface area contributed by atoms with Crippen LogP contribution >= 0.6 is 0 Å². The molecule has 2 heterocycles. The first-order valence-corrected chi connectivity index (χ1v) is 5.93. The van der Waals surface area contributed by atoms with E-state index in [-0.39, 0.29) is 12.0 Å². The van der Waals surface area contributed by atoms with Gasteiger partial charge < -0.3 is 10.0 Å². The quantitative estimate of drug-likeness (QED) is 0.810. The number of β-amino-alcohol motifs (C(OH)–C–C–N with tert-alkyl or cyclic N) is 1. The first-order chi connectivity index (χ1) is 8.06. The van der Waals surface area contributed by atoms with E-state index in [9.17, 15) is 4.79 Å². The molecular weight excluding hydrogens is 220 g/mol. The third kappa shape index (κ3) is 2.82. The van der Waals surface area contributed by atoms with E-state index < -0.39 is 0 Å². The summed E-state index contributed by atoms with van der Waals surface area (Å²) in [6, 6.07) is 0. The molecule has 17 heavy (non-hydrogen) atoms. The van der Waals surface area contributed by atoms with Gasteiger partial charge in [0, 0.05) is 19.6 Å². The van der Waals surface area contributed by atoms with Crippen LogP contribution in [0.1, 0.15) is 30.8 Å². The Labute approximate surface area is 100 Å². The second-order valence-corrected chi connectivity index (χ2v) is 4.91. The Balaban J connectivity index is 1.91. The summed E-state index contributed by atoms with van der Waals surface area (Å²) < 4.78 is 1.70. The van der Waals surface area contributed by atoms with Gasteiger partial charge in [-0.3, -0.25) is 9.48 Å². The van der Waals surface area contributed by atoms with Crippen LogP contribution in [0, 0.1) is 5.92 Å². The van der Waals surface area contributed by atoms with Crippen molar-refractivity contribution >= 4 is 5.91 Å². The van der Waals surface area contributed by atoms with Gasteiger partial charge in [-0.1, -0.05) is 19.1 Å². The van der Waals surface area contributed by atoms with Crippen molar-refractivity contribution in [1.82, 2.24) is 19.9 Å². The molecule has 6 heteroatoms. The SMILES string of the molecule is CC(C)CCn1cc(C(=O)N2CC(O)C2)nn1. The lowest BCUT2D eigenvalue weighted by Crippen LogP contribution is -2.53. The molecule has 1 aliphatic rings. The van der Waals surface area contributed by atoms with Crippen LogP contribution in [0.25, 0.3) is 0 Å². The van der Waals surface area contributed by atoms with E-state index in [1.165, 1.54) is 0 Å². The summed E-state index contributed by atoms with van der Waals surface area (Å²) in [6.45, 7) is 5.87. The van der Waals surface area contributed by atoms with Crippen LogP contribution in [0.4, 0.5) is 0 Å². The number of aryl methyl sites for hydroxylation is 1. The molecule has 0 radical (unpaired) electrons. The van der Waals surface area contributed by atoms with Crippen LogP contribution in [0.5, 0.6) is 0 Å². The van der Waals surface area contributed by atoms with Crippen LogP contribution in [-0.4, -0.2) is 50.1 Å². The van der Waals surface area contributed by atoms with E-state index in [1.54, 1.807) is 15.8 Å². The number of hydrogen-bond donors (Lipinski definition) is 1. The fourth-order valence-corrected chi connectivity index (χ4v) is 1.68. The molecule has 1 amide bonds. The molecule has 1 aliphatic heterocycles. The minimum atomic E-state index is -0.380. The van der Waals surface area contributed by atoms with Crippen LogP contribution in [-0.2, 0) is 6.54 Å². The van der Waals surface area contributed by atoms with Gasteiger partial charge in [0.15, 0.2) is 5.69 Å². The Morgan fingerprint density at radius 1 is 1.59 bits per heavy atom. The van der Waals surface area contributed by atoms with Crippen molar-refractivity contribution in [3.05, 3.63) is 11.9 Å². The maximum absolute atomic E-state index is 11.8. The van der Waals surface area contributed by atoms with Gasteiger partial charge in [-0.25, -0.2) is 0 Å². The lowest BCUT2D eigenvalue weighted by molar-refractivity contribution is 0.00549. The van der Waals surface area contributed by atoms with Gasteiger partial charge in [-0.2, -0.15) is 0 Å². The third-order valence-corrected chi connectivity index (χ3v) is 2.84. The summed E-state index contributed by atoms with van der Waals surface area (Å²) in [5.41, 5.74) is 0.362. The maximum Gasteiger partial charge on any atom is 0.276 e. The van der Waals surface area contributed by atoms with Gasteiger partial charge in [-0.15, -0.1) is 5.10 Å². The zero-order valence-electron chi connectivity index (χ0n) is 10.2. The fraction of sp³-hybridized carbons (Fsp3) is 0.727. The van der Waals surface area contributed by atoms with Crippen molar-refractivity contribution in [2.75, 3.05) is 13.1 Å². The number of hydrogen-bond acceptors (Lipinski definition) is 4. The molecule has 0 unspecified atom stereocenters. The average molecular weight is 238 g/mol. The molecule has 2 rings (SSSR count). The van der Waals surface area contributed by atoms with E-state index in [4.69, 9.17) is 5.11 Å². The summed E-state index contributed by atoms with van der Waals surface area (Å²) in [5.74, 6) is 0.454. The van der Waals surface area contributed by atoms with Crippen molar-refractivity contribution in [3.8, 4) is 0 Å². The molecule has 0 spiro atoms. The van der Waals surface area contributed by atoms with Crippen molar-refractivity contribution in [2.24, 2.45) is 5.92 Å². The first kappa shape index (κ1) is 12.0. The second kappa shape index (κ2) is 4.83. The number of nitrogens with zero attached hydrogens (tertiary/aromatic N) is 4. The van der Waals surface area contributed by atoms with Gasteiger partial charge in [0.2, 0.25) is 0 Å². The molecular formula is C11H18N4O2. The minimum absolute atomic E-state index is 0.147. The van der Waals surface area contributed by atoms with Crippen molar-refractivity contribution in [1.29, 1.82) is 0 Å². The largest absolute Gasteiger partial charge is 0.389 e. The van der Waals surface area contributed by atoms with Gasteiger partial charge in [-0.05, 0) is 12.3 Å². The topological polar surface area (TPSA) is 71.2 Å². The van der Waals surface area contributed by atoms with E-state index in [0.29, 0.717) is 24.7 Å². The highest BCUT2D eigenvalue weighted by atomic mass is 16.3. The highest BCUT2D eigenvalue weighted by molar-refractivity contribution is 5.92. The van der Waals surface area contributed by atoms with Crippen LogP contribution in [0.15, 0.2) is 6.20 Å². The monoisotopic (exact) mass is 238 g/mol. The molecule has 6 nitrogen and oxygen atoms in total. The number of aliphatic hydroxyl groups is 1. The van der Waals surface area contributed by atoms with Crippen molar-refractivity contribution in [2.45, 2.75) is 32.9 Å². The highest BCUT2D eigenvalue weighted by Crippen LogP contribution is 2.11. The Kier molecular flexibility index (Phi) is 3.42. The molecule has 0 saturated carbocycles. The lowest BCUT2D eigenvalue weighted by Gasteiger charge is -2.35. The Morgan fingerprint density at radius 2 is 2.29 bits per heavy atom. The molecule has 1 aromatic rings. The first-order valence-electron chi connectivity index (χ1n) is 5.93. The number of aliphatic hydroxyl groups excluding tert-OH is 1. The number of aromatic nitrogens is 3. The molecule has 1 saturated heterocycles. The second-order valence-electron chi connectivity index (χ2n) is 4.91. The zero-order valence-corrected chi connectivity index (χ0v) is 10.2. The minimum Gasteiger partial charge on any atom is -0.389 e. The summed E-state index contributed by atoms with van der Waals surface area (Å²) in [6.07, 6.45) is 2.31. The highest BCUT2D eigenvalue weighted by Gasteiger charge is 2.30. The smallest absolute Gasteiger partial charge is 0.276 e. The van der Waals surface area contributed by atoms with E-state index >= 15 is 0 Å². The number of carbonyl (C=O) groups excluding carboxylic acids is 1. The summed E-state index contributed by atoms with van der Waals surface area (Å²) in [5, 5.41) is 16.9. The Hall–Kier alpha value is -1.43. The van der Waals surface area contributed by atoms with Gasteiger partial charge in [0.25, 0.3) is 5.91 Å². The number of carbonyl (C=O) groups is 1. The fourth-order valence-electron chi connectivity index (χ4n) is 1.68. The predicted molar refractivity (Wildman–Crippen MR) is 61.4 cm³/mol. The van der Waals surface area contributed by atoms with Gasteiger partial charge in [0.05, 0.1) is 12.3 Å². The van der Waals surface area contributed by atoms with Crippen LogP contribution in [0.3, 0.4) is 0 Å². The van der Waals surface area contributed by atoms with E-state index in [1.807, 2.05) is 0 Å². The van der Waals surface area contributed by atoms with E-state index in [2.05, 4.69) is 24.2 Å². The molecule has 1 N–H and O–H groups in total. The summed E-state index contributed by atoms with van der Waals surface area (Å²) >= 11 is 0. The number of amides is 1. The van der Waals surface area contributed by atoms with E-state index in [0.717, 1.165) is 13.0 Å².